The van der Waals surface area contributed by atoms with Gasteiger partial charge in [0.1, 0.15) is 0 Å². The molecule has 0 nitrogen and oxygen atoms in total. The fourth-order valence-electron chi connectivity index (χ4n) is 2.44. The van der Waals surface area contributed by atoms with Crippen molar-refractivity contribution in [3.05, 3.63) is 60.3 Å². The zero-order valence-corrected chi connectivity index (χ0v) is 7.43. The van der Waals surface area contributed by atoms with Crippen molar-refractivity contribution in [2.75, 3.05) is 0 Å². The molecule has 0 heteroatoms. The highest BCUT2D eigenvalue weighted by Gasteiger charge is 2.30. The van der Waals surface area contributed by atoms with Crippen LogP contribution in [0.2, 0.25) is 0 Å². The van der Waals surface area contributed by atoms with Crippen LogP contribution in [0.1, 0.15) is 0 Å². The van der Waals surface area contributed by atoms with Crippen molar-refractivity contribution in [2.24, 2.45) is 17.8 Å². The molecule has 0 aliphatic heterocycles. The number of rotatable bonds is 0. The zero-order chi connectivity index (χ0) is 8.67. The maximum Gasteiger partial charge on any atom is 0.00925 e. The van der Waals surface area contributed by atoms with E-state index in [0.717, 1.165) is 0 Å². The number of hydrogen-bond acceptors (Lipinski definition) is 0. The molecule has 0 bridgehead atoms. The molecule has 0 saturated heterocycles. The largest absolute Gasteiger partial charge is 0.0796 e. The Morgan fingerprint density at radius 1 is 0.846 bits per heavy atom. The molecule has 3 unspecified atom stereocenters. The number of fused-ring (bicyclic) bond motifs is 3. The van der Waals surface area contributed by atoms with Crippen molar-refractivity contribution in [1.82, 2.24) is 0 Å². The molecular formula is C13H12. The standard InChI is InChI=1S/C13H12/c1-2-6-12-10(4-1)8-9-11-5-3-7-13(11)12/h1-10,12-13H. The predicted molar refractivity (Wildman–Crippen MR) is 55.1 cm³/mol. The van der Waals surface area contributed by atoms with E-state index >= 15 is 0 Å². The van der Waals surface area contributed by atoms with Gasteiger partial charge < -0.3 is 0 Å². The Morgan fingerprint density at radius 2 is 1.77 bits per heavy atom. The van der Waals surface area contributed by atoms with Crippen LogP contribution in [0.25, 0.3) is 0 Å². The van der Waals surface area contributed by atoms with Crippen LogP contribution < -0.4 is 0 Å². The number of hydrogen-bond donors (Lipinski definition) is 0. The smallest absolute Gasteiger partial charge is 0.00925 e. The lowest BCUT2D eigenvalue weighted by molar-refractivity contribution is 0.456. The molecule has 0 aromatic heterocycles. The minimum atomic E-state index is 0.620. The summed E-state index contributed by atoms with van der Waals surface area (Å²) >= 11 is 0. The van der Waals surface area contributed by atoms with Crippen LogP contribution in [0.15, 0.2) is 60.3 Å². The van der Waals surface area contributed by atoms with Gasteiger partial charge in [0.25, 0.3) is 0 Å². The fraction of sp³-hybridized carbons (Fsp3) is 0.231. The number of allylic oxidation sites excluding steroid dienone is 10. The molecule has 0 aromatic rings. The zero-order valence-electron chi connectivity index (χ0n) is 7.43. The first-order chi connectivity index (χ1) is 6.45. The van der Waals surface area contributed by atoms with Crippen LogP contribution in [-0.2, 0) is 0 Å². The summed E-state index contributed by atoms with van der Waals surface area (Å²) in [6.07, 6.45) is 20.3. The lowest BCUT2D eigenvalue weighted by Crippen LogP contribution is -2.22. The maximum absolute atomic E-state index is 2.34. The quantitative estimate of drug-likeness (QED) is 0.521. The summed E-state index contributed by atoms with van der Waals surface area (Å²) in [4.78, 5) is 0. The molecule has 0 spiro atoms. The van der Waals surface area contributed by atoms with Gasteiger partial charge in [0.15, 0.2) is 0 Å². The summed E-state index contributed by atoms with van der Waals surface area (Å²) in [6.45, 7) is 0. The molecule has 3 rings (SSSR count). The molecule has 3 atom stereocenters. The van der Waals surface area contributed by atoms with Gasteiger partial charge in [-0.3, -0.25) is 0 Å². The van der Waals surface area contributed by atoms with Gasteiger partial charge in [-0.1, -0.05) is 54.7 Å². The first kappa shape index (κ1) is 7.14. The molecule has 0 saturated carbocycles. The van der Waals surface area contributed by atoms with Gasteiger partial charge in [-0.2, -0.15) is 0 Å². The monoisotopic (exact) mass is 168 g/mol. The van der Waals surface area contributed by atoms with Crippen LogP contribution in [0.5, 0.6) is 0 Å². The molecule has 3 aliphatic carbocycles. The Bertz CT molecular complexity index is 363. The molecule has 3 aliphatic rings. The summed E-state index contributed by atoms with van der Waals surface area (Å²) in [5.41, 5.74) is 1.47. The second-order valence-corrected chi connectivity index (χ2v) is 3.86. The summed E-state index contributed by atoms with van der Waals surface area (Å²) in [5, 5.41) is 0. The molecule has 0 heterocycles. The minimum Gasteiger partial charge on any atom is -0.0796 e. The van der Waals surface area contributed by atoms with E-state index in [0.29, 0.717) is 17.8 Å². The summed E-state index contributed by atoms with van der Waals surface area (Å²) in [6, 6.07) is 0. The topological polar surface area (TPSA) is 0 Å². The Morgan fingerprint density at radius 3 is 2.77 bits per heavy atom. The highest BCUT2D eigenvalue weighted by atomic mass is 14.3. The minimum absolute atomic E-state index is 0.620. The average Bonchev–Trinajstić information content (AvgIpc) is 2.65. The lowest BCUT2D eigenvalue weighted by atomic mass is 9.73. The SMILES string of the molecule is C1=CC2C=CC3=CC=CC3C2C=C1. The van der Waals surface area contributed by atoms with Gasteiger partial charge in [0, 0.05) is 11.8 Å². The normalized spacial score (nSPS) is 38.8. The summed E-state index contributed by atoms with van der Waals surface area (Å²) in [7, 11) is 0. The van der Waals surface area contributed by atoms with Gasteiger partial charge in [-0.25, -0.2) is 0 Å². The Balaban J connectivity index is 2.05. The van der Waals surface area contributed by atoms with Crippen LogP contribution in [0, 0.1) is 17.8 Å². The first-order valence-corrected chi connectivity index (χ1v) is 4.87. The van der Waals surface area contributed by atoms with Crippen molar-refractivity contribution < 1.29 is 0 Å². The van der Waals surface area contributed by atoms with Crippen LogP contribution >= 0.6 is 0 Å². The van der Waals surface area contributed by atoms with Gasteiger partial charge in [-0.05, 0) is 11.5 Å². The third kappa shape index (κ3) is 0.983. The Hall–Kier alpha value is -1.30. The fourth-order valence-corrected chi connectivity index (χ4v) is 2.44. The van der Waals surface area contributed by atoms with E-state index in [1.165, 1.54) is 5.57 Å². The van der Waals surface area contributed by atoms with Crippen molar-refractivity contribution in [1.29, 1.82) is 0 Å². The van der Waals surface area contributed by atoms with Crippen LogP contribution in [-0.4, -0.2) is 0 Å². The molecular weight excluding hydrogens is 156 g/mol. The average molecular weight is 168 g/mol. The summed E-state index contributed by atoms with van der Waals surface area (Å²) in [5.74, 6) is 1.92. The van der Waals surface area contributed by atoms with Gasteiger partial charge >= 0.3 is 0 Å². The Labute approximate surface area is 78.7 Å². The lowest BCUT2D eigenvalue weighted by Gasteiger charge is -2.31. The highest BCUT2D eigenvalue weighted by molar-refractivity contribution is 5.42. The second-order valence-electron chi connectivity index (χ2n) is 3.86. The molecule has 0 fully saturated rings. The van der Waals surface area contributed by atoms with E-state index in [1.807, 2.05) is 0 Å². The van der Waals surface area contributed by atoms with Crippen LogP contribution in [0.4, 0.5) is 0 Å². The predicted octanol–water partition coefficient (Wildman–Crippen LogP) is 3.03. The van der Waals surface area contributed by atoms with Crippen molar-refractivity contribution in [3.8, 4) is 0 Å². The molecule has 64 valence electrons. The van der Waals surface area contributed by atoms with E-state index in [2.05, 4.69) is 54.7 Å². The van der Waals surface area contributed by atoms with Gasteiger partial charge in [0.2, 0.25) is 0 Å². The first-order valence-electron chi connectivity index (χ1n) is 4.87. The highest BCUT2D eigenvalue weighted by Crippen LogP contribution is 2.40. The van der Waals surface area contributed by atoms with Crippen LogP contribution in [0.3, 0.4) is 0 Å². The summed E-state index contributed by atoms with van der Waals surface area (Å²) < 4.78 is 0. The third-order valence-corrected chi connectivity index (χ3v) is 3.14. The molecule has 0 N–H and O–H groups in total. The van der Waals surface area contributed by atoms with Crippen molar-refractivity contribution >= 4 is 0 Å². The third-order valence-electron chi connectivity index (χ3n) is 3.14. The van der Waals surface area contributed by atoms with E-state index < -0.39 is 0 Å². The maximum atomic E-state index is 2.34. The molecule has 0 amide bonds. The second kappa shape index (κ2) is 2.59. The van der Waals surface area contributed by atoms with Gasteiger partial charge in [0.05, 0.1) is 0 Å². The van der Waals surface area contributed by atoms with E-state index in [9.17, 15) is 0 Å². The van der Waals surface area contributed by atoms with E-state index in [4.69, 9.17) is 0 Å². The van der Waals surface area contributed by atoms with Crippen molar-refractivity contribution in [2.45, 2.75) is 0 Å². The molecule has 0 radical (unpaired) electrons. The Kier molecular flexibility index (Phi) is 1.42. The van der Waals surface area contributed by atoms with E-state index in [-0.39, 0.29) is 0 Å². The van der Waals surface area contributed by atoms with Crippen molar-refractivity contribution in [3.63, 3.8) is 0 Å². The molecule has 0 aromatic carbocycles. The van der Waals surface area contributed by atoms with Gasteiger partial charge in [-0.15, -0.1) is 0 Å². The van der Waals surface area contributed by atoms with E-state index in [1.54, 1.807) is 0 Å². The molecule has 13 heavy (non-hydrogen) atoms.